The number of benzene rings is 1. The molecule has 112 valence electrons. The first kappa shape index (κ1) is 13.9. The van der Waals surface area contributed by atoms with E-state index in [1.165, 1.54) is 0 Å². The highest BCUT2D eigenvalue weighted by molar-refractivity contribution is 6.27. The van der Waals surface area contributed by atoms with Gasteiger partial charge in [-0.15, -0.1) is 0 Å². The van der Waals surface area contributed by atoms with E-state index >= 15 is 0 Å². The molecule has 0 saturated heterocycles. The second-order valence-corrected chi connectivity index (χ2v) is 4.65. The van der Waals surface area contributed by atoms with Crippen LogP contribution < -0.4 is 14.9 Å². The van der Waals surface area contributed by atoms with Gasteiger partial charge in [0.2, 0.25) is 0 Å². The number of methoxy groups -OCH3 is 1. The molecule has 0 radical (unpaired) electrons. The maximum atomic E-state index is 11.8. The molecular formula is C16H15N3O3. The number of rotatable bonds is 5. The molecular weight excluding hydrogens is 282 g/mol. The minimum absolute atomic E-state index is 0.206. The van der Waals surface area contributed by atoms with E-state index in [2.05, 4.69) is 15.5 Å². The molecule has 1 aromatic carbocycles. The molecule has 0 spiro atoms. The number of H-pyrrole nitrogens is 1. The highest BCUT2D eigenvalue weighted by Crippen LogP contribution is 2.18. The average molecular weight is 297 g/mol. The van der Waals surface area contributed by atoms with Crippen LogP contribution in [0.2, 0.25) is 0 Å². The van der Waals surface area contributed by atoms with Crippen molar-refractivity contribution in [3.8, 4) is 11.5 Å². The Balaban J connectivity index is 1.69. The van der Waals surface area contributed by atoms with Gasteiger partial charge in [-0.25, -0.2) is 5.43 Å². The van der Waals surface area contributed by atoms with Crippen LogP contribution in [0.15, 0.2) is 53.3 Å². The van der Waals surface area contributed by atoms with E-state index in [1.807, 2.05) is 24.3 Å². The lowest BCUT2D eigenvalue weighted by molar-refractivity contribution is -0.116. The summed E-state index contributed by atoms with van der Waals surface area (Å²) in [6.07, 6.45) is 3.54. The monoisotopic (exact) mass is 297 g/mol. The number of hydrazone groups is 1. The molecule has 6 heteroatoms. The maximum absolute atomic E-state index is 11.8. The normalized spacial score (nSPS) is 15.6. The fourth-order valence-corrected chi connectivity index (χ4v) is 2.04. The van der Waals surface area contributed by atoms with Crippen molar-refractivity contribution in [1.82, 2.24) is 10.4 Å². The van der Waals surface area contributed by atoms with E-state index in [-0.39, 0.29) is 12.5 Å². The molecule has 0 atom stereocenters. The number of hydrogen-bond acceptors (Lipinski definition) is 4. The van der Waals surface area contributed by atoms with Crippen LogP contribution in [0.3, 0.4) is 0 Å². The molecule has 0 bridgehead atoms. The SMILES string of the molecule is COc1ccc(OCC2=NNC(=O)C2=Cc2ccc[nH]2)cc1. The molecule has 1 amide bonds. The van der Waals surface area contributed by atoms with E-state index < -0.39 is 0 Å². The highest BCUT2D eigenvalue weighted by atomic mass is 16.5. The molecule has 0 saturated carbocycles. The predicted octanol–water partition coefficient (Wildman–Crippen LogP) is 1.97. The standard InChI is InChI=1S/C16H15N3O3/c1-21-12-4-6-13(7-5-12)22-10-15-14(16(20)19-18-15)9-11-3-2-8-17-11/h2-9,17H,10H2,1H3,(H,19,20). The first-order valence-electron chi connectivity index (χ1n) is 6.75. The minimum atomic E-state index is -0.233. The molecule has 22 heavy (non-hydrogen) atoms. The lowest BCUT2D eigenvalue weighted by Gasteiger charge is -2.07. The molecule has 2 N–H and O–H groups in total. The molecule has 0 aliphatic carbocycles. The minimum Gasteiger partial charge on any atom is -0.497 e. The molecule has 0 unspecified atom stereocenters. The number of carbonyl (C=O) groups is 1. The summed E-state index contributed by atoms with van der Waals surface area (Å²) in [6.45, 7) is 0.206. The number of amides is 1. The fourth-order valence-electron chi connectivity index (χ4n) is 2.04. The first-order chi connectivity index (χ1) is 10.8. The molecule has 1 aliphatic rings. The van der Waals surface area contributed by atoms with Gasteiger partial charge in [-0.1, -0.05) is 0 Å². The third-order valence-corrected chi connectivity index (χ3v) is 3.20. The Hall–Kier alpha value is -3.02. The summed E-state index contributed by atoms with van der Waals surface area (Å²) in [4.78, 5) is 14.9. The van der Waals surface area contributed by atoms with Gasteiger partial charge in [0.1, 0.15) is 23.8 Å². The van der Waals surface area contributed by atoms with E-state index in [1.54, 1.807) is 31.5 Å². The van der Waals surface area contributed by atoms with Gasteiger partial charge in [-0.2, -0.15) is 5.10 Å². The van der Waals surface area contributed by atoms with Gasteiger partial charge < -0.3 is 14.5 Å². The molecule has 3 rings (SSSR count). The lowest BCUT2D eigenvalue weighted by atomic mass is 10.1. The third-order valence-electron chi connectivity index (χ3n) is 3.20. The quantitative estimate of drug-likeness (QED) is 0.828. The molecule has 1 aromatic heterocycles. The number of aromatic amines is 1. The summed E-state index contributed by atoms with van der Waals surface area (Å²) in [5.41, 5.74) is 4.35. The Morgan fingerprint density at radius 3 is 2.64 bits per heavy atom. The smallest absolute Gasteiger partial charge is 0.273 e. The summed E-state index contributed by atoms with van der Waals surface area (Å²) in [5, 5.41) is 4.01. The number of hydrogen-bond donors (Lipinski definition) is 2. The average Bonchev–Trinajstić information content (AvgIpc) is 3.18. The number of aromatic nitrogens is 1. The Morgan fingerprint density at radius 2 is 1.95 bits per heavy atom. The second kappa shape index (κ2) is 6.17. The zero-order valence-electron chi connectivity index (χ0n) is 12.0. The van der Waals surface area contributed by atoms with Crippen molar-refractivity contribution in [3.05, 3.63) is 53.9 Å². The summed E-state index contributed by atoms with van der Waals surface area (Å²) in [5.74, 6) is 1.21. The number of carbonyl (C=O) groups excluding carboxylic acids is 1. The molecule has 6 nitrogen and oxygen atoms in total. The number of nitrogens with zero attached hydrogens (tertiary/aromatic N) is 1. The second-order valence-electron chi connectivity index (χ2n) is 4.65. The fraction of sp³-hybridized carbons (Fsp3) is 0.125. The van der Waals surface area contributed by atoms with E-state index in [0.29, 0.717) is 17.0 Å². The van der Waals surface area contributed by atoms with Gasteiger partial charge in [-0.05, 0) is 42.5 Å². The first-order valence-corrected chi connectivity index (χ1v) is 6.75. The third kappa shape index (κ3) is 3.01. The van der Waals surface area contributed by atoms with Gasteiger partial charge >= 0.3 is 0 Å². The van der Waals surface area contributed by atoms with Crippen molar-refractivity contribution in [2.75, 3.05) is 13.7 Å². The Labute approximate surface area is 127 Å². The zero-order chi connectivity index (χ0) is 15.4. The van der Waals surface area contributed by atoms with Crippen LogP contribution in [0.1, 0.15) is 5.69 Å². The van der Waals surface area contributed by atoms with Crippen LogP contribution in [-0.2, 0) is 4.79 Å². The number of ether oxygens (including phenoxy) is 2. The number of nitrogens with one attached hydrogen (secondary N) is 2. The van der Waals surface area contributed by atoms with Gasteiger partial charge in [0.15, 0.2) is 0 Å². The maximum Gasteiger partial charge on any atom is 0.273 e. The highest BCUT2D eigenvalue weighted by Gasteiger charge is 2.23. The summed E-state index contributed by atoms with van der Waals surface area (Å²) < 4.78 is 10.7. The van der Waals surface area contributed by atoms with Gasteiger partial charge in [-0.3, -0.25) is 4.79 Å². The summed E-state index contributed by atoms with van der Waals surface area (Å²) >= 11 is 0. The van der Waals surface area contributed by atoms with Crippen molar-refractivity contribution in [1.29, 1.82) is 0 Å². The van der Waals surface area contributed by atoms with Crippen LogP contribution in [0, 0.1) is 0 Å². The van der Waals surface area contributed by atoms with Gasteiger partial charge in [0, 0.05) is 11.9 Å². The lowest BCUT2D eigenvalue weighted by Crippen LogP contribution is -2.16. The molecule has 2 aromatic rings. The van der Waals surface area contributed by atoms with Crippen LogP contribution in [0.4, 0.5) is 0 Å². The van der Waals surface area contributed by atoms with Crippen LogP contribution in [0.5, 0.6) is 11.5 Å². The predicted molar refractivity (Wildman–Crippen MR) is 82.8 cm³/mol. The van der Waals surface area contributed by atoms with Crippen LogP contribution >= 0.6 is 0 Å². The van der Waals surface area contributed by atoms with Crippen molar-refractivity contribution in [3.63, 3.8) is 0 Å². The van der Waals surface area contributed by atoms with Crippen molar-refractivity contribution < 1.29 is 14.3 Å². The van der Waals surface area contributed by atoms with Gasteiger partial charge in [0.05, 0.1) is 12.7 Å². The van der Waals surface area contributed by atoms with E-state index in [9.17, 15) is 4.79 Å². The topological polar surface area (TPSA) is 75.7 Å². The molecule has 2 heterocycles. The van der Waals surface area contributed by atoms with E-state index in [0.717, 1.165) is 11.4 Å². The summed E-state index contributed by atoms with van der Waals surface area (Å²) in [6, 6.07) is 11.0. The Bertz CT molecular complexity index is 716. The molecule has 0 fully saturated rings. The Morgan fingerprint density at radius 1 is 1.18 bits per heavy atom. The van der Waals surface area contributed by atoms with Gasteiger partial charge in [0.25, 0.3) is 5.91 Å². The largest absolute Gasteiger partial charge is 0.497 e. The zero-order valence-corrected chi connectivity index (χ0v) is 12.0. The Kier molecular flexibility index (Phi) is 3.91. The van der Waals surface area contributed by atoms with Crippen LogP contribution in [-0.4, -0.2) is 30.3 Å². The molecule has 1 aliphatic heterocycles. The van der Waals surface area contributed by atoms with Crippen molar-refractivity contribution in [2.24, 2.45) is 5.10 Å². The van der Waals surface area contributed by atoms with Crippen LogP contribution in [0.25, 0.3) is 6.08 Å². The van der Waals surface area contributed by atoms with Crippen molar-refractivity contribution >= 4 is 17.7 Å². The summed E-state index contributed by atoms with van der Waals surface area (Å²) in [7, 11) is 1.61. The van der Waals surface area contributed by atoms with E-state index in [4.69, 9.17) is 9.47 Å². The van der Waals surface area contributed by atoms with Crippen molar-refractivity contribution in [2.45, 2.75) is 0 Å².